The predicted octanol–water partition coefficient (Wildman–Crippen LogP) is 1.60. The van der Waals surface area contributed by atoms with E-state index >= 15 is 0 Å². The molecule has 108 valence electrons. The number of benzene rings is 2. The number of hydrogen-bond acceptors (Lipinski definition) is 3. The van der Waals surface area contributed by atoms with Gasteiger partial charge >= 0.3 is 5.97 Å². The van der Waals surface area contributed by atoms with Crippen molar-refractivity contribution in [2.45, 2.75) is 12.1 Å². The highest BCUT2D eigenvalue weighted by Gasteiger charge is 2.28. The molecule has 1 amide bonds. The number of carboxylic acids is 1. The number of carboxylic acid groups (broad SMARTS) is 1. The first-order chi connectivity index (χ1) is 10.1. The highest BCUT2D eigenvalue weighted by molar-refractivity contribution is 5.94. The Kier molecular flexibility index (Phi) is 4.68. The van der Waals surface area contributed by atoms with E-state index in [-0.39, 0.29) is 0 Å². The van der Waals surface area contributed by atoms with Crippen LogP contribution < -0.4 is 5.32 Å². The molecule has 5 heteroatoms. The van der Waals surface area contributed by atoms with Crippen LogP contribution in [-0.4, -0.2) is 28.2 Å². The first kappa shape index (κ1) is 14.7. The molecule has 0 aliphatic carbocycles. The zero-order chi connectivity index (χ0) is 15.2. The van der Waals surface area contributed by atoms with Crippen molar-refractivity contribution in [2.75, 3.05) is 0 Å². The maximum absolute atomic E-state index is 12.1. The van der Waals surface area contributed by atoms with E-state index in [2.05, 4.69) is 5.32 Å². The van der Waals surface area contributed by atoms with Gasteiger partial charge in [0, 0.05) is 5.56 Å². The molecule has 0 fully saturated rings. The summed E-state index contributed by atoms with van der Waals surface area (Å²) >= 11 is 0. The van der Waals surface area contributed by atoms with Crippen molar-refractivity contribution in [2.24, 2.45) is 0 Å². The second kappa shape index (κ2) is 6.67. The molecule has 0 unspecified atom stereocenters. The Morgan fingerprint density at radius 3 is 1.95 bits per heavy atom. The van der Waals surface area contributed by atoms with Gasteiger partial charge in [0.2, 0.25) is 0 Å². The van der Waals surface area contributed by atoms with Crippen LogP contribution in [0.15, 0.2) is 60.7 Å². The van der Waals surface area contributed by atoms with Crippen molar-refractivity contribution in [3.63, 3.8) is 0 Å². The zero-order valence-electron chi connectivity index (χ0n) is 11.1. The average molecular weight is 285 g/mol. The van der Waals surface area contributed by atoms with E-state index in [0.29, 0.717) is 11.1 Å². The van der Waals surface area contributed by atoms with Crippen LogP contribution in [0.5, 0.6) is 0 Å². The number of rotatable bonds is 5. The van der Waals surface area contributed by atoms with Crippen LogP contribution in [0, 0.1) is 0 Å². The van der Waals surface area contributed by atoms with Crippen LogP contribution in [0.3, 0.4) is 0 Å². The van der Waals surface area contributed by atoms with Gasteiger partial charge in [-0.25, -0.2) is 4.79 Å². The third-order valence-corrected chi connectivity index (χ3v) is 3.05. The monoisotopic (exact) mass is 285 g/mol. The van der Waals surface area contributed by atoms with Gasteiger partial charge in [0.05, 0.1) is 6.04 Å². The molecule has 2 aromatic carbocycles. The van der Waals surface area contributed by atoms with E-state index in [9.17, 15) is 14.7 Å². The summed E-state index contributed by atoms with van der Waals surface area (Å²) in [6.07, 6.45) is -1.72. The molecule has 0 saturated heterocycles. The number of nitrogens with one attached hydrogen (secondary N) is 1. The number of hydrogen-bond donors (Lipinski definition) is 3. The van der Waals surface area contributed by atoms with Gasteiger partial charge in [-0.15, -0.1) is 0 Å². The van der Waals surface area contributed by atoms with Crippen LogP contribution in [0.25, 0.3) is 0 Å². The molecule has 3 N–H and O–H groups in total. The number of aliphatic hydroxyl groups excluding tert-OH is 1. The third-order valence-electron chi connectivity index (χ3n) is 3.05. The summed E-state index contributed by atoms with van der Waals surface area (Å²) in [5, 5.41) is 21.4. The lowest BCUT2D eigenvalue weighted by Gasteiger charge is -2.22. The maximum atomic E-state index is 12.1. The highest BCUT2D eigenvalue weighted by Crippen LogP contribution is 2.18. The first-order valence-electron chi connectivity index (χ1n) is 6.41. The molecule has 0 spiro atoms. The lowest BCUT2D eigenvalue weighted by atomic mass is 10.0. The highest BCUT2D eigenvalue weighted by atomic mass is 16.4. The molecular weight excluding hydrogens is 270 g/mol. The Morgan fingerprint density at radius 1 is 0.905 bits per heavy atom. The average Bonchev–Trinajstić information content (AvgIpc) is 2.53. The van der Waals surface area contributed by atoms with Crippen LogP contribution >= 0.6 is 0 Å². The van der Waals surface area contributed by atoms with Crippen molar-refractivity contribution in [1.82, 2.24) is 5.32 Å². The Labute approximate surface area is 121 Å². The molecule has 21 heavy (non-hydrogen) atoms. The van der Waals surface area contributed by atoms with Gasteiger partial charge in [-0.2, -0.15) is 0 Å². The fourth-order valence-corrected chi connectivity index (χ4v) is 1.96. The van der Waals surface area contributed by atoms with Crippen LogP contribution in [0.1, 0.15) is 22.0 Å². The van der Waals surface area contributed by atoms with Crippen molar-refractivity contribution in [3.8, 4) is 0 Å². The van der Waals surface area contributed by atoms with Gasteiger partial charge in [0.1, 0.15) is 0 Å². The van der Waals surface area contributed by atoms with E-state index in [1.807, 2.05) is 0 Å². The molecule has 5 nitrogen and oxygen atoms in total. The van der Waals surface area contributed by atoms with Crippen LogP contribution in [-0.2, 0) is 4.79 Å². The fourth-order valence-electron chi connectivity index (χ4n) is 1.96. The summed E-state index contributed by atoms with van der Waals surface area (Å²) in [7, 11) is 0. The van der Waals surface area contributed by atoms with E-state index < -0.39 is 24.0 Å². The summed E-state index contributed by atoms with van der Waals surface area (Å²) < 4.78 is 0. The lowest BCUT2D eigenvalue weighted by molar-refractivity contribution is -0.148. The number of aliphatic hydroxyl groups is 1. The largest absolute Gasteiger partial charge is 0.479 e. The fraction of sp³-hybridized carbons (Fsp3) is 0.125. The SMILES string of the molecule is O=C(N[C@H](c1ccccc1)[C@@H](O)C(=O)O)c1ccccc1. The third kappa shape index (κ3) is 3.67. The summed E-state index contributed by atoms with van der Waals surface area (Å²) in [6, 6.07) is 15.9. The quantitative estimate of drug-likeness (QED) is 0.779. The molecule has 0 saturated carbocycles. The number of aliphatic carboxylic acids is 1. The molecule has 0 aliphatic rings. The topological polar surface area (TPSA) is 86.6 Å². The van der Waals surface area contributed by atoms with Crippen molar-refractivity contribution in [1.29, 1.82) is 0 Å². The lowest BCUT2D eigenvalue weighted by Crippen LogP contribution is -2.40. The summed E-state index contributed by atoms with van der Waals surface area (Å²) in [5.41, 5.74) is 0.924. The number of carbonyl (C=O) groups excluding carboxylic acids is 1. The Morgan fingerprint density at radius 2 is 1.43 bits per heavy atom. The Bertz CT molecular complexity index is 613. The van der Waals surface area contributed by atoms with Crippen LogP contribution in [0.4, 0.5) is 0 Å². The van der Waals surface area contributed by atoms with Crippen LogP contribution in [0.2, 0.25) is 0 Å². The normalized spacial score (nSPS) is 13.2. The first-order valence-corrected chi connectivity index (χ1v) is 6.41. The standard InChI is InChI=1S/C16H15NO4/c18-14(16(20)21)13(11-7-3-1-4-8-11)17-15(19)12-9-5-2-6-10-12/h1-10,13-14,18H,(H,17,19)(H,20,21)/t13-,14-/m1/s1. The molecule has 0 heterocycles. The van der Waals surface area contributed by atoms with Crippen molar-refractivity contribution in [3.05, 3.63) is 71.8 Å². The van der Waals surface area contributed by atoms with Gasteiger partial charge in [-0.05, 0) is 17.7 Å². The minimum Gasteiger partial charge on any atom is -0.479 e. The molecule has 0 radical (unpaired) electrons. The summed E-state index contributed by atoms with van der Waals surface area (Å²) in [5.74, 6) is -1.83. The Balaban J connectivity index is 2.25. The molecule has 0 bridgehead atoms. The van der Waals surface area contributed by atoms with E-state index in [1.165, 1.54) is 0 Å². The smallest absolute Gasteiger partial charge is 0.335 e. The zero-order valence-corrected chi connectivity index (χ0v) is 11.1. The molecule has 0 aliphatic heterocycles. The minimum atomic E-state index is -1.72. The van der Waals surface area contributed by atoms with Gasteiger partial charge in [0.25, 0.3) is 5.91 Å². The van der Waals surface area contributed by atoms with E-state index in [1.54, 1.807) is 60.7 Å². The second-order valence-corrected chi connectivity index (χ2v) is 4.51. The van der Waals surface area contributed by atoms with Crippen molar-refractivity contribution >= 4 is 11.9 Å². The second-order valence-electron chi connectivity index (χ2n) is 4.51. The minimum absolute atomic E-state index is 0.399. The predicted molar refractivity (Wildman–Crippen MR) is 76.7 cm³/mol. The summed E-state index contributed by atoms with van der Waals surface area (Å²) in [4.78, 5) is 23.2. The van der Waals surface area contributed by atoms with Gasteiger partial charge in [-0.3, -0.25) is 4.79 Å². The molecule has 2 atom stereocenters. The van der Waals surface area contributed by atoms with Gasteiger partial charge < -0.3 is 15.5 Å². The van der Waals surface area contributed by atoms with Gasteiger partial charge in [0.15, 0.2) is 6.10 Å². The number of amides is 1. The summed E-state index contributed by atoms with van der Waals surface area (Å²) in [6.45, 7) is 0. The molecule has 2 aromatic rings. The molecular formula is C16H15NO4. The Hall–Kier alpha value is -2.66. The maximum Gasteiger partial charge on any atom is 0.335 e. The van der Waals surface area contributed by atoms with Gasteiger partial charge in [-0.1, -0.05) is 48.5 Å². The van der Waals surface area contributed by atoms with E-state index in [0.717, 1.165) is 0 Å². The van der Waals surface area contributed by atoms with Crippen molar-refractivity contribution < 1.29 is 19.8 Å². The number of carbonyl (C=O) groups is 2. The molecule has 2 rings (SSSR count). The van der Waals surface area contributed by atoms with E-state index in [4.69, 9.17) is 5.11 Å². The molecule has 0 aromatic heterocycles.